The summed E-state index contributed by atoms with van der Waals surface area (Å²) in [5.41, 5.74) is 0. The van der Waals surface area contributed by atoms with Crippen molar-refractivity contribution < 1.29 is 9.90 Å². The maximum Gasteiger partial charge on any atom is 0.314 e. The van der Waals surface area contributed by atoms with E-state index in [1.54, 1.807) is 0 Å². The van der Waals surface area contributed by atoms with Crippen LogP contribution >= 0.6 is 11.8 Å². The van der Waals surface area contributed by atoms with Crippen molar-refractivity contribution in [2.75, 3.05) is 25.1 Å². The molecular weight excluding hydrogens is 248 g/mol. The number of amides is 2. The van der Waals surface area contributed by atoms with Crippen molar-refractivity contribution in [3.05, 3.63) is 0 Å². The Morgan fingerprint density at radius 2 is 2.17 bits per heavy atom. The van der Waals surface area contributed by atoms with Crippen LogP contribution in [-0.2, 0) is 0 Å². The first-order valence-electron chi connectivity index (χ1n) is 6.91. The van der Waals surface area contributed by atoms with Crippen LogP contribution in [0, 0.1) is 5.92 Å². The number of unbranched alkanes of at least 4 members (excludes halogenated alkanes) is 1. The molecule has 2 atom stereocenters. The molecule has 0 aromatic rings. The highest BCUT2D eigenvalue weighted by molar-refractivity contribution is 7.98. The van der Waals surface area contributed by atoms with Crippen LogP contribution in [0.15, 0.2) is 0 Å². The molecule has 1 fully saturated rings. The molecule has 18 heavy (non-hydrogen) atoms. The largest absolute Gasteiger partial charge is 0.393 e. The van der Waals surface area contributed by atoms with Crippen LogP contribution in [0.2, 0.25) is 0 Å². The van der Waals surface area contributed by atoms with Crippen molar-refractivity contribution in [2.24, 2.45) is 5.92 Å². The number of thioether (sulfide) groups is 1. The van der Waals surface area contributed by atoms with E-state index in [1.807, 2.05) is 11.8 Å². The lowest BCUT2D eigenvalue weighted by atomic mass is 9.87. The van der Waals surface area contributed by atoms with E-state index in [0.717, 1.165) is 50.8 Å². The van der Waals surface area contributed by atoms with Crippen molar-refractivity contribution in [3.63, 3.8) is 0 Å². The van der Waals surface area contributed by atoms with E-state index in [1.165, 1.54) is 0 Å². The van der Waals surface area contributed by atoms with Crippen LogP contribution in [0.3, 0.4) is 0 Å². The Morgan fingerprint density at radius 3 is 2.89 bits per heavy atom. The van der Waals surface area contributed by atoms with Gasteiger partial charge >= 0.3 is 6.03 Å². The van der Waals surface area contributed by atoms with Gasteiger partial charge in [-0.1, -0.05) is 6.42 Å². The van der Waals surface area contributed by atoms with E-state index < -0.39 is 0 Å². The molecule has 0 aromatic heterocycles. The van der Waals surface area contributed by atoms with Gasteiger partial charge in [-0.25, -0.2) is 4.79 Å². The number of carbonyl (C=O) groups is 1. The van der Waals surface area contributed by atoms with Crippen molar-refractivity contribution in [3.8, 4) is 0 Å². The van der Waals surface area contributed by atoms with Crippen molar-refractivity contribution >= 4 is 17.8 Å². The maximum absolute atomic E-state index is 11.5. The van der Waals surface area contributed by atoms with Gasteiger partial charge in [-0.15, -0.1) is 0 Å². The van der Waals surface area contributed by atoms with Gasteiger partial charge in [0.05, 0.1) is 6.10 Å². The van der Waals surface area contributed by atoms with Gasteiger partial charge in [-0.05, 0) is 50.0 Å². The Labute approximate surface area is 114 Å². The molecule has 0 aliphatic heterocycles. The summed E-state index contributed by atoms with van der Waals surface area (Å²) in [6, 6.07) is -0.0702. The quantitative estimate of drug-likeness (QED) is 0.622. The summed E-state index contributed by atoms with van der Waals surface area (Å²) in [5.74, 6) is 1.60. The fourth-order valence-corrected chi connectivity index (χ4v) is 2.81. The van der Waals surface area contributed by atoms with Crippen LogP contribution in [0.5, 0.6) is 0 Å². The number of aliphatic hydroxyl groups is 1. The van der Waals surface area contributed by atoms with Gasteiger partial charge < -0.3 is 15.7 Å². The van der Waals surface area contributed by atoms with Crippen molar-refractivity contribution in [1.82, 2.24) is 10.6 Å². The summed E-state index contributed by atoms with van der Waals surface area (Å²) in [5, 5.41) is 15.3. The molecule has 2 amide bonds. The number of urea groups is 1. The first kappa shape index (κ1) is 15.6. The van der Waals surface area contributed by atoms with E-state index in [0.29, 0.717) is 12.5 Å². The highest BCUT2D eigenvalue weighted by Crippen LogP contribution is 2.23. The molecule has 0 aromatic carbocycles. The minimum absolute atomic E-state index is 0.0702. The number of hydrogen-bond donors (Lipinski definition) is 3. The van der Waals surface area contributed by atoms with Crippen LogP contribution in [-0.4, -0.2) is 42.3 Å². The molecule has 0 bridgehead atoms. The third-order valence-electron chi connectivity index (χ3n) is 3.37. The smallest absolute Gasteiger partial charge is 0.314 e. The molecule has 1 rings (SSSR count). The van der Waals surface area contributed by atoms with E-state index in [9.17, 15) is 9.90 Å². The van der Waals surface area contributed by atoms with Gasteiger partial charge in [-0.3, -0.25) is 0 Å². The molecule has 2 unspecified atom stereocenters. The molecule has 0 radical (unpaired) electrons. The van der Waals surface area contributed by atoms with Gasteiger partial charge in [0.2, 0.25) is 0 Å². The predicted octanol–water partition coefficient (Wildman–Crippen LogP) is 1.98. The lowest BCUT2D eigenvalue weighted by molar-refractivity contribution is 0.101. The molecule has 106 valence electrons. The molecule has 1 aliphatic carbocycles. The highest BCUT2D eigenvalue weighted by atomic mass is 32.2. The normalized spacial score (nSPS) is 23.7. The Bertz CT molecular complexity index is 239. The summed E-state index contributed by atoms with van der Waals surface area (Å²) in [7, 11) is 0. The van der Waals surface area contributed by atoms with Crippen LogP contribution in [0.1, 0.15) is 38.5 Å². The summed E-state index contributed by atoms with van der Waals surface area (Å²) in [6.45, 7) is 1.44. The zero-order chi connectivity index (χ0) is 13.2. The van der Waals surface area contributed by atoms with Crippen LogP contribution < -0.4 is 10.6 Å². The number of aliphatic hydroxyl groups excluding tert-OH is 1. The van der Waals surface area contributed by atoms with Gasteiger partial charge in [0.15, 0.2) is 0 Å². The van der Waals surface area contributed by atoms with Gasteiger partial charge in [0.25, 0.3) is 0 Å². The van der Waals surface area contributed by atoms with Crippen molar-refractivity contribution in [1.29, 1.82) is 0 Å². The minimum Gasteiger partial charge on any atom is -0.393 e. The molecule has 1 aliphatic rings. The van der Waals surface area contributed by atoms with Crippen LogP contribution in [0.4, 0.5) is 4.79 Å². The topological polar surface area (TPSA) is 61.4 Å². The van der Waals surface area contributed by atoms with E-state index >= 15 is 0 Å². The Morgan fingerprint density at radius 1 is 1.33 bits per heavy atom. The third-order valence-corrected chi connectivity index (χ3v) is 4.06. The monoisotopic (exact) mass is 274 g/mol. The summed E-state index contributed by atoms with van der Waals surface area (Å²) in [6.07, 6.45) is 8.05. The SMILES string of the molecule is CSCCCCNC(=O)NCC1CCCC(O)C1. The Hall–Kier alpha value is -0.420. The second-order valence-corrected chi connectivity index (χ2v) is 6.01. The first-order chi connectivity index (χ1) is 8.72. The van der Waals surface area contributed by atoms with Gasteiger partial charge in [-0.2, -0.15) is 11.8 Å². The molecule has 5 heteroatoms. The average molecular weight is 274 g/mol. The third kappa shape index (κ3) is 7.11. The zero-order valence-corrected chi connectivity index (χ0v) is 12.1. The Balaban J connectivity index is 1.99. The number of hydrogen-bond acceptors (Lipinski definition) is 3. The van der Waals surface area contributed by atoms with Gasteiger partial charge in [0, 0.05) is 13.1 Å². The number of rotatable bonds is 7. The fraction of sp³-hybridized carbons (Fsp3) is 0.923. The Kier molecular flexibility index (Phi) is 8.25. The zero-order valence-electron chi connectivity index (χ0n) is 11.3. The predicted molar refractivity (Wildman–Crippen MR) is 77.0 cm³/mol. The molecule has 0 spiro atoms. The van der Waals surface area contributed by atoms with E-state index in [2.05, 4.69) is 16.9 Å². The molecule has 0 saturated heterocycles. The summed E-state index contributed by atoms with van der Waals surface area (Å²) >= 11 is 1.84. The van der Waals surface area contributed by atoms with Crippen molar-refractivity contribution in [2.45, 2.75) is 44.6 Å². The summed E-state index contributed by atoms with van der Waals surface area (Å²) in [4.78, 5) is 11.5. The highest BCUT2D eigenvalue weighted by Gasteiger charge is 2.20. The lowest BCUT2D eigenvalue weighted by Gasteiger charge is -2.25. The van der Waals surface area contributed by atoms with E-state index in [-0.39, 0.29) is 12.1 Å². The maximum atomic E-state index is 11.5. The van der Waals surface area contributed by atoms with E-state index in [4.69, 9.17) is 0 Å². The second-order valence-electron chi connectivity index (χ2n) is 5.02. The number of carbonyl (C=O) groups excluding carboxylic acids is 1. The standard InChI is InChI=1S/C13H26N2O2S/c1-18-8-3-2-7-14-13(17)15-10-11-5-4-6-12(16)9-11/h11-12,16H,2-10H2,1H3,(H2,14,15,17). The molecular formula is C13H26N2O2S. The lowest BCUT2D eigenvalue weighted by Crippen LogP contribution is -2.40. The van der Waals surface area contributed by atoms with Crippen LogP contribution in [0.25, 0.3) is 0 Å². The average Bonchev–Trinajstić information content (AvgIpc) is 2.36. The minimum atomic E-state index is -0.167. The summed E-state index contributed by atoms with van der Waals surface area (Å²) < 4.78 is 0. The second kappa shape index (κ2) is 9.50. The molecule has 3 N–H and O–H groups in total. The fourth-order valence-electron chi connectivity index (χ4n) is 2.32. The molecule has 0 heterocycles. The molecule has 4 nitrogen and oxygen atoms in total. The number of nitrogens with one attached hydrogen (secondary N) is 2. The first-order valence-corrected chi connectivity index (χ1v) is 8.30. The van der Waals surface area contributed by atoms with Gasteiger partial charge in [0.1, 0.15) is 0 Å². The molecule has 1 saturated carbocycles.